The maximum atomic E-state index is 12.0. The normalized spacial score (nSPS) is 30.4. The first-order chi connectivity index (χ1) is 9.88. The smallest absolute Gasteiger partial charge is 0.231 e. The summed E-state index contributed by atoms with van der Waals surface area (Å²) in [4.78, 5) is 0. The van der Waals surface area contributed by atoms with Crippen molar-refractivity contribution in [3.8, 4) is 11.5 Å². The monoisotopic (exact) mass is 313 g/mol. The van der Waals surface area contributed by atoms with E-state index in [1.54, 1.807) is 6.07 Å². The van der Waals surface area contributed by atoms with Gasteiger partial charge in [0, 0.05) is 18.8 Å². The Morgan fingerprint density at radius 3 is 2.76 bits per heavy atom. The van der Waals surface area contributed by atoms with Gasteiger partial charge in [-0.05, 0) is 24.6 Å². The van der Waals surface area contributed by atoms with Crippen LogP contribution in [0.3, 0.4) is 0 Å². The molecule has 0 bridgehead atoms. The lowest BCUT2D eigenvalue weighted by atomic mass is 10.1. The van der Waals surface area contributed by atoms with Crippen LogP contribution in [0.25, 0.3) is 0 Å². The summed E-state index contributed by atoms with van der Waals surface area (Å²) in [5.74, 6) is 1.02. The summed E-state index contributed by atoms with van der Waals surface area (Å²) < 4.78 is 40.0. The van der Waals surface area contributed by atoms with Gasteiger partial charge < -0.3 is 19.9 Å². The highest BCUT2D eigenvalue weighted by Crippen LogP contribution is 2.55. The third-order valence-corrected chi connectivity index (χ3v) is 5.71. The predicted octanol–water partition coefficient (Wildman–Crippen LogP) is 0.660. The zero-order valence-electron chi connectivity index (χ0n) is 12.0. The Hall–Kier alpha value is -1.31. The molecule has 1 heterocycles. The van der Waals surface area contributed by atoms with Crippen molar-refractivity contribution in [2.75, 3.05) is 26.3 Å². The fourth-order valence-corrected chi connectivity index (χ4v) is 4.95. The summed E-state index contributed by atoms with van der Waals surface area (Å²) in [5.41, 5.74) is 6.27. The van der Waals surface area contributed by atoms with Crippen LogP contribution in [0.15, 0.2) is 18.2 Å². The van der Waals surface area contributed by atoms with Crippen LogP contribution < -0.4 is 15.2 Å². The first-order valence-corrected chi connectivity index (χ1v) is 8.78. The van der Waals surface area contributed by atoms with Crippen molar-refractivity contribution in [2.45, 2.75) is 23.6 Å². The number of benzene rings is 1. The second kappa shape index (κ2) is 4.86. The predicted molar refractivity (Wildman–Crippen MR) is 77.3 cm³/mol. The van der Waals surface area contributed by atoms with Crippen molar-refractivity contribution in [1.29, 1.82) is 0 Å². The van der Waals surface area contributed by atoms with Gasteiger partial charge in [-0.2, -0.15) is 0 Å². The van der Waals surface area contributed by atoms with Crippen LogP contribution >= 0.6 is 0 Å². The lowest BCUT2D eigenvalue weighted by molar-refractivity contribution is 0.125. The molecule has 7 heteroatoms. The molecule has 1 fully saturated rings. The van der Waals surface area contributed by atoms with E-state index in [1.165, 1.54) is 6.26 Å². The van der Waals surface area contributed by atoms with Crippen molar-refractivity contribution in [3.05, 3.63) is 23.8 Å². The van der Waals surface area contributed by atoms with Crippen LogP contribution in [0.1, 0.15) is 18.4 Å². The topological polar surface area (TPSA) is 87.8 Å². The molecule has 2 aliphatic rings. The number of fused-ring (bicyclic) bond motifs is 1. The van der Waals surface area contributed by atoms with E-state index in [0.29, 0.717) is 18.1 Å². The van der Waals surface area contributed by atoms with E-state index in [2.05, 4.69) is 0 Å². The van der Waals surface area contributed by atoms with Crippen molar-refractivity contribution in [1.82, 2.24) is 0 Å². The third kappa shape index (κ3) is 2.39. The molecule has 0 saturated heterocycles. The summed E-state index contributed by atoms with van der Waals surface area (Å²) in [6.07, 6.45) is 1.22. The molecule has 0 radical (unpaired) electrons. The summed E-state index contributed by atoms with van der Waals surface area (Å²) in [7, 11) is -3.26. The van der Waals surface area contributed by atoms with E-state index in [-0.39, 0.29) is 19.3 Å². The molecule has 1 saturated carbocycles. The molecule has 0 amide bonds. The van der Waals surface area contributed by atoms with Crippen molar-refractivity contribution < 1.29 is 22.6 Å². The van der Waals surface area contributed by atoms with Crippen LogP contribution in [0.5, 0.6) is 11.5 Å². The second-order valence-electron chi connectivity index (χ2n) is 5.59. The average molecular weight is 313 g/mol. The van der Waals surface area contributed by atoms with E-state index in [1.807, 2.05) is 19.1 Å². The van der Waals surface area contributed by atoms with Crippen LogP contribution in [0.2, 0.25) is 0 Å². The number of hydrogen-bond acceptors (Lipinski definition) is 6. The van der Waals surface area contributed by atoms with Crippen molar-refractivity contribution >= 4 is 9.84 Å². The molecule has 1 aliphatic carbocycles. The highest BCUT2D eigenvalue weighted by atomic mass is 32.2. The summed E-state index contributed by atoms with van der Waals surface area (Å²) in [5, 5.41) is -0.628. The highest BCUT2D eigenvalue weighted by Gasteiger charge is 2.68. The molecule has 0 unspecified atom stereocenters. The molecule has 0 aromatic heterocycles. The van der Waals surface area contributed by atoms with E-state index < -0.39 is 20.6 Å². The molecule has 0 spiro atoms. The van der Waals surface area contributed by atoms with Crippen molar-refractivity contribution in [2.24, 2.45) is 5.73 Å². The van der Waals surface area contributed by atoms with Gasteiger partial charge in [-0.1, -0.05) is 6.07 Å². The Morgan fingerprint density at radius 1 is 1.38 bits per heavy atom. The maximum absolute atomic E-state index is 12.0. The second-order valence-corrected chi connectivity index (χ2v) is 7.76. The summed E-state index contributed by atoms with van der Waals surface area (Å²) in [6.45, 7) is 2.77. The van der Waals surface area contributed by atoms with Crippen LogP contribution in [0.4, 0.5) is 0 Å². The molecule has 3 atom stereocenters. The largest absolute Gasteiger partial charge is 0.454 e. The Balaban J connectivity index is 1.93. The number of hydrogen-bond donors (Lipinski definition) is 1. The first kappa shape index (κ1) is 14.6. The van der Waals surface area contributed by atoms with Gasteiger partial charge in [0.1, 0.15) is 0 Å². The minimum atomic E-state index is -3.26. The van der Waals surface area contributed by atoms with Crippen molar-refractivity contribution in [3.63, 3.8) is 0 Å². The molecular formula is C14H19NO5S. The Morgan fingerprint density at radius 2 is 2.10 bits per heavy atom. The Kier molecular flexibility index (Phi) is 3.38. The number of rotatable bonds is 5. The molecule has 3 rings (SSSR count). The molecule has 1 aromatic rings. The standard InChI is InChI=1S/C14H19NO5S/c1-3-18-7-14(15)12(13(14)21(2,16)17)9-4-5-10-11(6-9)20-8-19-10/h4-6,12-13H,3,7-8,15H2,1-2H3/t12-,13+,14+/m1/s1. The minimum Gasteiger partial charge on any atom is -0.454 e. The Labute approximate surface area is 124 Å². The van der Waals surface area contributed by atoms with Crippen LogP contribution in [0, 0.1) is 0 Å². The molecule has 1 aromatic carbocycles. The number of nitrogens with two attached hydrogens (primary N) is 1. The molecule has 1 aliphatic heterocycles. The van der Waals surface area contributed by atoms with Gasteiger partial charge in [-0.25, -0.2) is 8.42 Å². The average Bonchev–Trinajstić information content (AvgIpc) is 2.81. The molecule has 21 heavy (non-hydrogen) atoms. The van der Waals surface area contributed by atoms with E-state index in [9.17, 15) is 8.42 Å². The van der Waals surface area contributed by atoms with Crippen LogP contribution in [-0.2, 0) is 14.6 Å². The third-order valence-electron chi connectivity index (χ3n) is 4.08. The zero-order valence-corrected chi connectivity index (χ0v) is 12.9. The summed E-state index contributed by atoms with van der Waals surface area (Å²) in [6, 6.07) is 5.44. The first-order valence-electron chi connectivity index (χ1n) is 6.83. The quantitative estimate of drug-likeness (QED) is 0.859. The summed E-state index contributed by atoms with van der Waals surface area (Å²) >= 11 is 0. The van der Waals surface area contributed by atoms with Gasteiger partial charge in [0.25, 0.3) is 0 Å². The van der Waals surface area contributed by atoms with Gasteiger partial charge >= 0.3 is 0 Å². The molecule has 116 valence electrons. The lowest BCUT2D eigenvalue weighted by Crippen LogP contribution is -2.36. The number of ether oxygens (including phenoxy) is 3. The number of sulfone groups is 1. The highest BCUT2D eigenvalue weighted by molar-refractivity contribution is 7.91. The molecular weight excluding hydrogens is 294 g/mol. The lowest BCUT2D eigenvalue weighted by Gasteiger charge is -2.11. The maximum Gasteiger partial charge on any atom is 0.231 e. The van der Waals surface area contributed by atoms with E-state index >= 15 is 0 Å². The molecule has 6 nitrogen and oxygen atoms in total. The fourth-order valence-electron chi connectivity index (χ4n) is 3.11. The van der Waals surface area contributed by atoms with Gasteiger partial charge in [0.15, 0.2) is 21.3 Å². The van der Waals surface area contributed by atoms with Crippen LogP contribution in [-0.4, -0.2) is 45.5 Å². The zero-order chi connectivity index (χ0) is 15.3. The van der Waals surface area contributed by atoms with E-state index in [4.69, 9.17) is 19.9 Å². The SMILES string of the molecule is CCOC[C@]1(N)[C@H](c2ccc3c(c2)OCO3)[C@@H]1S(C)(=O)=O. The van der Waals surface area contributed by atoms with Gasteiger partial charge in [0.05, 0.1) is 17.4 Å². The van der Waals surface area contributed by atoms with Gasteiger partial charge in [-0.3, -0.25) is 0 Å². The van der Waals surface area contributed by atoms with Gasteiger partial charge in [0.2, 0.25) is 6.79 Å². The van der Waals surface area contributed by atoms with E-state index in [0.717, 1.165) is 5.56 Å². The fraction of sp³-hybridized carbons (Fsp3) is 0.571. The van der Waals surface area contributed by atoms with Gasteiger partial charge in [-0.15, -0.1) is 0 Å². The Bertz CT molecular complexity index is 659. The molecule has 2 N–H and O–H groups in total. The minimum absolute atomic E-state index is 0.186.